The lowest BCUT2D eigenvalue weighted by molar-refractivity contribution is -0.116. The molecule has 1 aromatic rings. The average molecular weight is 351 g/mol. The van der Waals surface area contributed by atoms with E-state index in [1.807, 2.05) is 45.4 Å². The van der Waals surface area contributed by atoms with Gasteiger partial charge < -0.3 is 15.5 Å². The molecule has 0 fully saturated rings. The molecule has 142 valence electrons. The standard InChI is InChI=1S/C18H33N5O2/c1-9-19-16(25)22(10-2)12-15(24)20-14-11-13(17(3,4)5)21-23(14)18(6,7)8/h11H,9-10,12H2,1-8H3,(H,19,25)(H,20,24). The molecule has 1 rings (SSSR count). The number of hydrogen-bond acceptors (Lipinski definition) is 3. The van der Waals surface area contributed by atoms with Crippen LogP contribution in [0.25, 0.3) is 0 Å². The number of carbonyl (C=O) groups excluding carboxylic acids is 2. The number of amides is 3. The van der Waals surface area contributed by atoms with Crippen molar-refractivity contribution in [3.63, 3.8) is 0 Å². The van der Waals surface area contributed by atoms with Gasteiger partial charge in [-0.3, -0.25) is 4.79 Å². The number of urea groups is 1. The van der Waals surface area contributed by atoms with Gasteiger partial charge >= 0.3 is 6.03 Å². The van der Waals surface area contributed by atoms with Crippen LogP contribution in [0.15, 0.2) is 6.07 Å². The van der Waals surface area contributed by atoms with E-state index in [0.29, 0.717) is 18.9 Å². The van der Waals surface area contributed by atoms with Crippen molar-refractivity contribution in [2.24, 2.45) is 0 Å². The number of nitrogens with one attached hydrogen (secondary N) is 2. The highest BCUT2D eigenvalue weighted by Gasteiger charge is 2.26. The van der Waals surface area contributed by atoms with Crippen molar-refractivity contribution in [1.29, 1.82) is 0 Å². The molecule has 0 saturated heterocycles. The molecule has 1 aromatic heterocycles. The van der Waals surface area contributed by atoms with Crippen LogP contribution in [-0.4, -0.2) is 46.3 Å². The van der Waals surface area contributed by atoms with Crippen molar-refractivity contribution in [2.75, 3.05) is 25.0 Å². The highest BCUT2D eigenvalue weighted by molar-refractivity contribution is 5.93. The van der Waals surface area contributed by atoms with Crippen LogP contribution < -0.4 is 10.6 Å². The van der Waals surface area contributed by atoms with Gasteiger partial charge in [0.1, 0.15) is 12.4 Å². The Morgan fingerprint density at radius 3 is 2.20 bits per heavy atom. The van der Waals surface area contributed by atoms with Gasteiger partial charge in [-0.15, -0.1) is 0 Å². The third kappa shape index (κ3) is 5.76. The first-order valence-corrected chi connectivity index (χ1v) is 8.83. The lowest BCUT2D eigenvalue weighted by Crippen LogP contribution is -2.44. The SMILES string of the molecule is CCNC(=O)N(CC)CC(=O)Nc1cc(C(C)(C)C)nn1C(C)(C)C. The number of carbonyl (C=O) groups is 2. The van der Waals surface area contributed by atoms with E-state index in [0.717, 1.165) is 5.69 Å². The maximum Gasteiger partial charge on any atom is 0.317 e. The normalized spacial score (nSPS) is 12.0. The summed E-state index contributed by atoms with van der Waals surface area (Å²) < 4.78 is 1.83. The second-order valence-electron chi connectivity index (χ2n) is 8.15. The lowest BCUT2D eigenvalue weighted by atomic mass is 9.92. The van der Waals surface area contributed by atoms with E-state index >= 15 is 0 Å². The Bertz CT molecular complexity index is 608. The molecule has 0 saturated carbocycles. The first kappa shape index (κ1) is 21.0. The average Bonchev–Trinajstić information content (AvgIpc) is 2.88. The zero-order chi connectivity index (χ0) is 19.4. The van der Waals surface area contributed by atoms with Gasteiger partial charge in [0.15, 0.2) is 0 Å². The fourth-order valence-corrected chi connectivity index (χ4v) is 2.29. The van der Waals surface area contributed by atoms with Gasteiger partial charge in [0.2, 0.25) is 5.91 Å². The van der Waals surface area contributed by atoms with E-state index in [9.17, 15) is 9.59 Å². The minimum atomic E-state index is -0.268. The Kier molecular flexibility index (Phi) is 6.62. The molecule has 2 N–H and O–H groups in total. The van der Waals surface area contributed by atoms with Crippen molar-refractivity contribution >= 4 is 17.8 Å². The molecule has 7 nitrogen and oxygen atoms in total. The minimum Gasteiger partial charge on any atom is -0.338 e. The summed E-state index contributed by atoms with van der Waals surface area (Å²) in [6, 6.07) is 1.67. The largest absolute Gasteiger partial charge is 0.338 e. The predicted octanol–water partition coefficient (Wildman–Crippen LogP) is 2.93. The molecule has 3 amide bonds. The number of likely N-dealkylation sites (N-methyl/N-ethyl adjacent to an activating group) is 1. The quantitative estimate of drug-likeness (QED) is 0.856. The highest BCUT2D eigenvalue weighted by Crippen LogP contribution is 2.28. The molecule has 0 bridgehead atoms. The van der Waals surface area contributed by atoms with Gasteiger partial charge in [-0.1, -0.05) is 20.8 Å². The monoisotopic (exact) mass is 351 g/mol. The van der Waals surface area contributed by atoms with Crippen LogP contribution in [0.5, 0.6) is 0 Å². The maximum absolute atomic E-state index is 12.5. The van der Waals surface area contributed by atoms with Crippen LogP contribution >= 0.6 is 0 Å². The molecular formula is C18H33N5O2. The Morgan fingerprint density at radius 1 is 1.16 bits per heavy atom. The van der Waals surface area contributed by atoms with Gasteiger partial charge in [-0.05, 0) is 34.6 Å². The predicted molar refractivity (Wildman–Crippen MR) is 101 cm³/mol. The molecule has 7 heteroatoms. The third-order valence-corrected chi connectivity index (χ3v) is 3.71. The van der Waals surface area contributed by atoms with E-state index in [1.165, 1.54) is 4.90 Å². The van der Waals surface area contributed by atoms with Gasteiger partial charge in [-0.25, -0.2) is 9.48 Å². The van der Waals surface area contributed by atoms with Crippen LogP contribution in [0.3, 0.4) is 0 Å². The molecular weight excluding hydrogens is 318 g/mol. The van der Waals surface area contributed by atoms with E-state index in [-0.39, 0.29) is 29.4 Å². The van der Waals surface area contributed by atoms with Gasteiger partial charge in [0, 0.05) is 24.6 Å². The summed E-state index contributed by atoms with van der Waals surface area (Å²) in [6.07, 6.45) is 0. The first-order valence-electron chi connectivity index (χ1n) is 8.83. The Morgan fingerprint density at radius 2 is 1.76 bits per heavy atom. The number of aromatic nitrogens is 2. The highest BCUT2D eigenvalue weighted by atomic mass is 16.2. The molecule has 0 aliphatic carbocycles. The molecule has 1 heterocycles. The van der Waals surface area contributed by atoms with E-state index < -0.39 is 0 Å². The van der Waals surface area contributed by atoms with Crippen LogP contribution in [0, 0.1) is 0 Å². The summed E-state index contributed by atoms with van der Waals surface area (Å²) in [5, 5.41) is 10.3. The second kappa shape index (κ2) is 7.89. The summed E-state index contributed by atoms with van der Waals surface area (Å²) in [4.78, 5) is 25.9. The molecule has 0 unspecified atom stereocenters. The Balaban J connectivity index is 2.99. The zero-order valence-corrected chi connectivity index (χ0v) is 16.9. The van der Waals surface area contributed by atoms with Gasteiger partial charge in [-0.2, -0.15) is 5.10 Å². The number of hydrogen-bond donors (Lipinski definition) is 2. The van der Waals surface area contributed by atoms with Crippen LogP contribution in [-0.2, 0) is 15.7 Å². The summed E-state index contributed by atoms with van der Waals surface area (Å²) >= 11 is 0. The molecule has 0 aliphatic heterocycles. The third-order valence-electron chi connectivity index (χ3n) is 3.71. The second-order valence-corrected chi connectivity index (χ2v) is 8.15. The Labute approximate surface area is 151 Å². The maximum atomic E-state index is 12.5. The summed E-state index contributed by atoms with van der Waals surface area (Å²) in [5.74, 6) is 0.410. The molecule has 25 heavy (non-hydrogen) atoms. The zero-order valence-electron chi connectivity index (χ0n) is 16.9. The van der Waals surface area contributed by atoms with Crippen LogP contribution in [0.1, 0.15) is 61.1 Å². The smallest absolute Gasteiger partial charge is 0.317 e. The van der Waals surface area contributed by atoms with Crippen molar-refractivity contribution in [1.82, 2.24) is 20.0 Å². The van der Waals surface area contributed by atoms with Crippen molar-refractivity contribution in [3.8, 4) is 0 Å². The van der Waals surface area contributed by atoms with Gasteiger partial charge in [0.25, 0.3) is 0 Å². The molecule has 0 aromatic carbocycles. The Hall–Kier alpha value is -2.05. The lowest BCUT2D eigenvalue weighted by Gasteiger charge is -2.24. The van der Waals surface area contributed by atoms with Crippen molar-refractivity contribution in [3.05, 3.63) is 11.8 Å². The topological polar surface area (TPSA) is 79.3 Å². The first-order chi connectivity index (χ1) is 11.4. The minimum absolute atomic E-state index is 0.00249. The summed E-state index contributed by atoms with van der Waals surface area (Å²) in [6.45, 7) is 17.1. The van der Waals surface area contributed by atoms with Gasteiger partial charge in [0.05, 0.1) is 11.2 Å². The number of nitrogens with zero attached hydrogens (tertiary/aromatic N) is 3. The fourth-order valence-electron chi connectivity index (χ4n) is 2.29. The van der Waals surface area contributed by atoms with E-state index in [2.05, 4.69) is 36.5 Å². The summed E-state index contributed by atoms with van der Waals surface area (Å²) in [7, 11) is 0. The fraction of sp³-hybridized carbons (Fsp3) is 0.722. The van der Waals surface area contributed by atoms with Crippen LogP contribution in [0.2, 0.25) is 0 Å². The molecule has 0 atom stereocenters. The summed E-state index contributed by atoms with van der Waals surface area (Å²) in [5.41, 5.74) is 0.525. The number of rotatable bonds is 5. The van der Waals surface area contributed by atoms with Crippen molar-refractivity contribution < 1.29 is 9.59 Å². The molecule has 0 radical (unpaired) electrons. The van der Waals surface area contributed by atoms with E-state index in [1.54, 1.807) is 0 Å². The van der Waals surface area contributed by atoms with E-state index in [4.69, 9.17) is 0 Å². The number of anilines is 1. The van der Waals surface area contributed by atoms with Crippen molar-refractivity contribution in [2.45, 2.75) is 66.3 Å². The molecule has 0 aliphatic rings. The van der Waals surface area contributed by atoms with Crippen LogP contribution in [0.4, 0.5) is 10.6 Å². The molecule has 0 spiro atoms.